The predicted octanol–water partition coefficient (Wildman–Crippen LogP) is -0.514. The number of nitrogens with two attached hydrogens (primary N) is 1. The number of carbonyl (C=O) groups excluding carboxylic acids is 2. The monoisotopic (exact) mass is 243 g/mol. The summed E-state index contributed by atoms with van der Waals surface area (Å²) >= 11 is 0. The Morgan fingerprint density at radius 3 is 2.12 bits per heavy atom. The van der Waals surface area contributed by atoms with Crippen molar-refractivity contribution in [3.05, 3.63) is 12.2 Å². The highest BCUT2D eigenvalue weighted by atomic mass is 16.4. The van der Waals surface area contributed by atoms with Gasteiger partial charge in [-0.15, -0.1) is 0 Å². The molecule has 17 heavy (non-hydrogen) atoms. The minimum atomic E-state index is -1.21. The van der Waals surface area contributed by atoms with Gasteiger partial charge in [-0.3, -0.25) is 9.59 Å². The lowest BCUT2D eigenvalue weighted by Crippen LogP contribution is -2.47. The number of hydrogen-bond acceptors (Lipinski definition) is 3. The fourth-order valence-corrected chi connectivity index (χ4v) is 1.26. The first kappa shape index (κ1) is 14.9. The molecule has 3 N–H and O–H groups in total. The second kappa shape index (κ2) is 6.51. The van der Waals surface area contributed by atoms with Crippen molar-refractivity contribution >= 4 is 17.9 Å². The zero-order valence-corrected chi connectivity index (χ0v) is 9.97. The maximum Gasteiger partial charge on any atom is 0.323 e. The lowest BCUT2D eigenvalue weighted by atomic mass is 10.3. The molecule has 0 fully saturated rings. The number of hydrogen-bond donors (Lipinski definition) is 2. The van der Waals surface area contributed by atoms with E-state index in [9.17, 15) is 14.4 Å². The van der Waals surface area contributed by atoms with E-state index in [1.54, 1.807) is 6.92 Å². The Kier molecular flexibility index (Phi) is 5.73. The maximum absolute atomic E-state index is 11.8. The Morgan fingerprint density at radius 1 is 1.24 bits per heavy atom. The lowest BCUT2D eigenvalue weighted by Gasteiger charge is -2.26. The van der Waals surface area contributed by atoms with Crippen LogP contribution in [0, 0.1) is 0 Å². The standard InChI is InChI=1S/C10H17N3O4/c1-7(2)4-12(3)10(17)13(5-8(11)14)6-9(15)16/h1,4-6H2,2-3H3,(H2,11,14)(H,15,16). The van der Waals surface area contributed by atoms with Crippen molar-refractivity contribution in [1.82, 2.24) is 9.80 Å². The van der Waals surface area contributed by atoms with Crippen molar-refractivity contribution in [2.75, 3.05) is 26.7 Å². The first-order valence-corrected chi connectivity index (χ1v) is 4.88. The van der Waals surface area contributed by atoms with Crippen LogP contribution < -0.4 is 5.73 Å². The first-order chi connectivity index (χ1) is 7.73. The van der Waals surface area contributed by atoms with Crippen molar-refractivity contribution in [2.45, 2.75) is 6.92 Å². The first-order valence-electron chi connectivity index (χ1n) is 4.88. The zero-order chi connectivity index (χ0) is 13.6. The van der Waals surface area contributed by atoms with Crippen molar-refractivity contribution in [1.29, 1.82) is 0 Å². The Labute approximate surface area is 99.5 Å². The largest absolute Gasteiger partial charge is 0.480 e. The van der Waals surface area contributed by atoms with Crippen LogP contribution in [0.1, 0.15) is 6.92 Å². The number of amides is 3. The summed E-state index contributed by atoms with van der Waals surface area (Å²) in [6.07, 6.45) is 0. The average molecular weight is 243 g/mol. The third kappa shape index (κ3) is 6.18. The van der Waals surface area contributed by atoms with E-state index >= 15 is 0 Å². The fourth-order valence-electron chi connectivity index (χ4n) is 1.26. The van der Waals surface area contributed by atoms with Crippen LogP contribution in [-0.4, -0.2) is 59.5 Å². The summed E-state index contributed by atoms with van der Waals surface area (Å²) in [5.74, 6) is -1.97. The van der Waals surface area contributed by atoms with Gasteiger partial charge >= 0.3 is 12.0 Å². The van der Waals surface area contributed by atoms with E-state index in [-0.39, 0.29) is 6.54 Å². The number of primary amides is 1. The molecule has 0 saturated carbocycles. The molecule has 0 aliphatic rings. The van der Waals surface area contributed by atoms with Crippen LogP contribution in [0.15, 0.2) is 12.2 Å². The summed E-state index contributed by atoms with van der Waals surface area (Å²) in [4.78, 5) is 35.2. The summed E-state index contributed by atoms with van der Waals surface area (Å²) in [5, 5.41) is 8.63. The number of nitrogens with zero attached hydrogens (tertiary/aromatic N) is 2. The lowest BCUT2D eigenvalue weighted by molar-refractivity contribution is -0.138. The van der Waals surface area contributed by atoms with Crippen LogP contribution >= 0.6 is 0 Å². The Morgan fingerprint density at radius 2 is 1.76 bits per heavy atom. The number of likely N-dealkylation sites (N-methyl/N-ethyl adjacent to an activating group) is 1. The number of rotatable bonds is 6. The number of urea groups is 1. The van der Waals surface area contributed by atoms with E-state index < -0.39 is 31.0 Å². The summed E-state index contributed by atoms with van der Waals surface area (Å²) in [7, 11) is 1.49. The Balaban J connectivity index is 4.66. The average Bonchev–Trinajstić information content (AvgIpc) is 2.12. The SMILES string of the molecule is C=C(C)CN(C)C(=O)N(CC(N)=O)CC(=O)O. The number of aliphatic carboxylic acids is 1. The van der Waals surface area contributed by atoms with Gasteiger partial charge in [0.1, 0.15) is 13.1 Å². The molecule has 0 heterocycles. The molecular weight excluding hydrogens is 226 g/mol. The second-order valence-corrected chi connectivity index (χ2v) is 3.81. The van der Waals surface area contributed by atoms with Crippen LogP contribution in [0.2, 0.25) is 0 Å². The summed E-state index contributed by atoms with van der Waals surface area (Å²) in [6.45, 7) is 4.67. The molecule has 0 bridgehead atoms. The van der Waals surface area contributed by atoms with E-state index in [0.29, 0.717) is 0 Å². The normalized spacial score (nSPS) is 9.53. The van der Waals surface area contributed by atoms with Gasteiger partial charge in [-0.25, -0.2) is 4.79 Å². The number of carboxylic acids is 1. The molecule has 0 aromatic rings. The van der Waals surface area contributed by atoms with Gasteiger partial charge in [0.05, 0.1) is 0 Å². The van der Waals surface area contributed by atoms with Crippen molar-refractivity contribution in [3.8, 4) is 0 Å². The van der Waals surface area contributed by atoms with Gasteiger partial charge in [-0.05, 0) is 6.92 Å². The molecule has 0 radical (unpaired) electrons. The van der Waals surface area contributed by atoms with Crippen molar-refractivity contribution in [3.63, 3.8) is 0 Å². The molecule has 0 aromatic heterocycles. The predicted molar refractivity (Wildman–Crippen MR) is 61.2 cm³/mol. The van der Waals surface area contributed by atoms with Gasteiger partial charge < -0.3 is 20.6 Å². The molecule has 0 aliphatic carbocycles. The van der Waals surface area contributed by atoms with E-state index in [1.165, 1.54) is 11.9 Å². The summed E-state index contributed by atoms with van der Waals surface area (Å²) in [6, 6.07) is -0.575. The highest BCUT2D eigenvalue weighted by Gasteiger charge is 2.21. The highest BCUT2D eigenvalue weighted by molar-refractivity contribution is 5.85. The zero-order valence-electron chi connectivity index (χ0n) is 9.97. The Hall–Kier alpha value is -2.05. The number of carbonyl (C=O) groups is 3. The molecule has 0 saturated heterocycles. The van der Waals surface area contributed by atoms with Gasteiger partial charge in [0.2, 0.25) is 5.91 Å². The molecule has 3 amide bonds. The molecule has 96 valence electrons. The number of carboxylic acid groups (broad SMARTS) is 1. The third-order valence-electron chi connectivity index (χ3n) is 1.78. The molecular formula is C10H17N3O4. The summed E-state index contributed by atoms with van der Waals surface area (Å²) in [5.41, 5.74) is 5.69. The van der Waals surface area contributed by atoms with E-state index in [2.05, 4.69) is 6.58 Å². The molecule has 0 spiro atoms. The van der Waals surface area contributed by atoms with Crippen LogP contribution in [0.25, 0.3) is 0 Å². The van der Waals surface area contributed by atoms with Crippen LogP contribution in [0.5, 0.6) is 0 Å². The van der Waals surface area contributed by atoms with E-state index in [0.717, 1.165) is 10.5 Å². The molecule has 0 aromatic carbocycles. The van der Waals surface area contributed by atoms with Gasteiger partial charge in [0.15, 0.2) is 0 Å². The van der Waals surface area contributed by atoms with Gasteiger partial charge in [0.25, 0.3) is 0 Å². The maximum atomic E-state index is 11.8. The molecule has 7 heteroatoms. The smallest absolute Gasteiger partial charge is 0.323 e. The van der Waals surface area contributed by atoms with Crippen molar-refractivity contribution < 1.29 is 19.5 Å². The highest BCUT2D eigenvalue weighted by Crippen LogP contribution is 2.00. The topological polar surface area (TPSA) is 104 Å². The quantitative estimate of drug-likeness (QED) is 0.613. The van der Waals surface area contributed by atoms with Gasteiger partial charge in [-0.1, -0.05) is 12.2 Å². The molecule has 0 unspecified atom stereocenters. The van der Waals surface area contributed by atoms with E-state index in [1.807, 2.05) is 0 Å². The molecule has 0 rings (SSSR count). The van der Waals surface area contributed by atoms with Crippen LogP contribution in [0.4, 0.5) is 4.79 Å². The minimum Gasteiger partial charge on any atom is -0.480 e. The minimum absolute atomic E-state index is 0.285. The van der Waals surface area contributed by atoms with Crippen molar-refractivity contribution in [2.24, 2.45) is 5.73 Å². The third-order valence-corrected chi connectivity index (χ3v) is 1.78. The summed E-state index contributed by atoms with van der Waals surface area (Å²) < 4.78 is 0. The van der Waals surface area contributed by atoms with Crippen LogP contribution in [0.3, 0.4) is 0 Å². The van der Waals surface area contributed by atoms with Crippen LogP contribution in [-0.2, 0) is 9.59 Å². The molecule has 7 nitrogen and oxygen atoms in total. The van der Waals surface area contributed by atoms with Gasteiger partial charge in [0, 0.05) is 13.6 Å². The van der Waals surface area contributed by atoms with Gasteiger partial charge in [-0.2, -0.15) is 0 Å². The molecule has 0 atom stereocenters. The Bertz CT molecular complexity index is 324. The van der Waals surface area contributed by atoms with E-state index in [4.69, 9.17) is 10.8 Å². The second-order valence-electron chi connectivity index (χ2n) is 3.81. The fraction of sp³-hybridized carbons (Fsp3) is 0.500. The molecule has 0 aliphatic heterocycles.